The van der Waals surface area contributed by atoms with Crippen LogP contribution in [0.4, 0.5) is 18.9 Å². The van der Waals surface area contributed by atoms with Gasteiger partial charge in [-0.2, -0.15) is 13.2 Å². The molecule has 88 valence electrons. The van der Waals surface area contributed by atoms with Gasteiger partial charge in [0.2, 0.25) is 0 Å². The fraction of sp³-hybridized carbons (Fsp3) is 0.545. The quantitative estimate of drug-likeness (QED) is 0.841. The largest absolute Gasteiger partial charge is 0.433 e. The van der Waals surface area contributed by atoms with Crippen LogP contribution in [0.15, 0.2) is 18.3 Å². The Kier molecular flexibility index (Phi) is 3.03. The Morgan fingerprint density at radius 2 is 1.88 bits per heavy atom. The van der Waals surface area contributed by atoms with E-state index < -0.39 is 11.9 Å². The van der Waals surface area contributed by atoms with E-state index in [9.17, 15) is 13.2 Å². The van der Waals surface area contributed by atoms with Crippen LogP contribution < -0.4 is 5.32 Å². The lowest BCUT2D eigenvalue weighted by Gasteiger charge is -2.13. The van der Waals surface area contributed by atoms with Gasteiger partial charge in [-0.25, -0.2) is 4.98 Å². The third-order valence-corrected chi connectivity index (χ3v) is 2.78. The minimum absolute atomic E-state index is 0.388. The molecule has 0 aliphatic heterocycles. The van der Waals surface area contributed by atoms with E-state index in [4.69, 9.17) is 0 Å². The van der Waals surface area contributed by atoms with E-state index in [2.05, 4.69) is 10.3 Å². The van der Waals surface area contributed by atoms with Gasteiger partial charge in [-0.3, -0.25) is 0 Å². The first-order valence-corrected chi connectivity index (χ1v) is 5.35. The molecule has 0 atom stereocenters. The van der Waals surface area contributed by atoms with E-state index in [0.717, 1.165) is 18.9 Å². The van der Waals surface area contributed by atoms with Crippen molar-refractivity contribution in [3.05, 3.63) is 24.0 Å². The monoisotopic (exact) mass is 230 g/mol. The standard InChI is InChI=1S/C11H13F3N2/c12-11(13,14)10-6-5-9(7-15-10)16-8-3-1-2-4-8/h5-8,16H,1-4H2. The number of hydrogen-bond acceptors (Lipinski definition) is 2. The van der Waals surface area contributed by atoms with E-state index in [-0.39, 0.29) is 0 Å². The van der Waals surface area contributed by atoms with Gasteiger partial charge >= 0.3 is 6.18 Å². The predicted molar refractivity (Wildman–Crippen MR) is 55.1 cm³/mol. The van der Waals surface area contributed by atoms with Crippen LogP contribution in [0.25, 0.3) is 0 Å². The zero-order chi connectivity index (χ0) is 11.6. The number of nitrogens with zero attached hydrogens (tertiary/aromatic N) is 1. The summed E-state index contributed by atoms with van der Waals surface area (Å²) in [6.45, 7) is 0. The Bertz CT molecular complexity index is 339. The zero-order valence-corrected chi connectivity index (χ0v) is 8.72. The molecule has 1 saturated carbocycles. The lowest BCUT2D eigenvalue weighted by atomic mass is 10.2. The number of halogens is 3. The summed E-state index contributed by atoms with van der Waals surface area (Å²) in [4.78, 5) is 3.40. The van der Waals surface area contributed by atoms with Crippen LogP contribution in [0.3, 0.4) is 0 Å². The first-order valence-electron chi connectivity index (χ1n) is 5.35. The molecule has 16 heavy (non-hydrogen) atoms. The number of aromatic nitrogens is 1. The maximum absolute atomic E-state index is 12.2. The number of nitrogens with one attached hydrogen (secondary N) is 1. The average Bonchev–Trinajstić information content (AvgIpc) is 2.70. The van der Waals surface area contributed by atoms with Crippen LogP contribution in [0.1, 0.15) is 31.4 Å². The molecule has 1 aliphatic carbocycles. The van der Waals surface area contributed by atoms with Crippen LogP contribution in [-0.2, 0) is 6.18 Å². The smallest absolute Gasteiger partial charge is 0.381 e. The van der Waals surface area contributed by atoms with Gasteiger partial charge in [-0.1, -0.05) is 12.8 Å². The predicted octanol–water partition coefficient (Wildman–Crippen LogP) is 3.45. The zero-order valence-electron chi connectivity index (χ0n) is 8.72. The number of anilines is 1. The Morgan fingerprint density at radius 3 is 2.38 bits per heavy atom. The normalized spacial score (nSPS) is 17.7. The molecule has 1 N–H and O–H groups in total. The number of hydrogen-bond donors (Lipinski definition) is 1. The van der Waals surface area contributed by atoms with Crippen molar-refractivity contribution in [1.82, 2.24) is 4.98 Å². The Hall–Kier alpha value is -1.26. The van der Waals surface area contributed by atoms with Gasteiger partial charge < -0.3 is 5.32 Å². The highest BCUT2D eigenvalue weighted by Crippen LogP contribution is 2.28. The van der Waals surface area contributed by atoms with Crippen molar-refractivity contribution < 1.29 is 13.2 Å². The summed E-state index contributed by atoms with van der Waals surface area (Å²) >= 11 is 0. The second kappa shape index (κ2) is 4.31. The van der Waals surface area contributed by atoms with Gasteiger partial charge in [-0.05, 0) is 25.0 Å². The maximum Gasteiger partial charge on any atom is 0.433 e. The van der Waals surface area contributed by atoms with Crippen LogP contribution in [0.5, 0.6) is 0 Å². The van der Waals surface area contributed by atoms with E-state index in [1.54, 1.807) is 0 Å². The van der Waals surface area contributed by atoms with Crippen LogP contribution in [0.2, 0.25) is 0 Å². The summed E-state index contributed by atoms with van der Waals surface area (Å²) in [5.41, 5.74) is -0.177. The van der Waals surface area contributed by atoms with Crippen molar-refractivity contribution in [1.29, 1.82) is 0 Å². The molecule has 1 aromatic rings. The van der Waals surface area contributed by atoms with Gasteiger partial charge in [0, 0.05) is 6.04 Å². The van der Waals surface area contributed by atoms with Gasteiger partial charge in [0.25, 0.3) is 0 Å². The highest BCUT2D eigenvalue weighted by molar-refractivity contribution is 5.42. The Labute approximate surface area is 91.9 Å². The second-order valence-electron chi connectivity index (χ2n) is 4.06. The highest BCUT2D eigenvalue weighted by Gasteiger charge is 2.32. The SMILES string of the molecule is FC(F)(F)c1ccc(NC2CCCC2)cn1. The topological polar surface area (TPSA) is 24.9 Å². The van der Waals surface area contributed by atoms with Gasteiger partial charge in [0.05, 0.1) is 11.9 Å². The molecule has 0 unspecified atom stereocenters. The second-order valence-corrected chi connectivity index (χ2v) is 4.06. The summed E-state index contributed by atoms with van der Waals surface area (Å²) in [5, 5.41) is 3.19. The highest BCUT2D eigenvalue weighted by atomic mass is 19.4. The molecule has 0 spiro atoms. The van der Waals surface area contributed by atoms with Gasteiger partial charge in [0.15, 0.2) is 0 Å². The molecular weight excluding hydrogens is 217 g/mol. The Morgan fingerprint density at radius 1 is 1.19 bits per heavy atom. The van der Waals surface area contributed by atoms with E-state index >= 15 is 0 Å². The molecule has 1 fully saturated rings. The molecule has 1 heterocycles. The third-order valence-electron chi connectivity index (χ3n) is 2.78. The molecule has 0 radical (unpaired) electrons. The number of pyridine rings is 1. The molecule has 5 heteroatoms. The number of rotatable bonds is 2. The first kappa shape index (κ1) is 11.2. The summed E-state index contributed by atoms with van der Waals surface area (Å²) in [6.07, 6.45) is 1.44. The lowest BCUT2D eigenvalue weighted by molar-refractivity contribution is -0.141. The average molecular weight is 230 g/mol. The van der Waals surface area contributed by atoms with Crippen molar-refractivity contribution in [3.63, 3.8) is 0 Å². The summed E-state index contributed by atoms with van der Waals surface area (Å²) in [7, 11) is 0. The molecule has 2 nitrogen and oxygen atoms in total. The van der Waals surface area contributed by atoms with E-state index in [0.29, 0.717) is 11.7 Å². The first-order chi connectivity index (χ1) is 7.55. The van der Waals surface area contributed by atoms with Crippen molar-refractivity contribution in [2.24, 2.45) is 0 Å². The maximum atomic E-state index is 12.2. The molecule has 1 aliphatic rings. The summed E-state index contributed by atoms with van der Waals surface area (Å²) < 4.78 is 36.7. The van der Waals surface area contributed by atoms with Crippen molar-refractivity contribution in [2.75, 3.05) is 5.32 Å². The minimum Gasteiger partial charge on any atom is -0.381 e. The van der Waals surface area contributed by atoms with Crippen LogP contribution >= 0.6 is 0 Å². The van der Waals surface area contributed by atoms with Crippen molar-refractivity contribution in [3.8, 4) is 0 Å². The molecule has 0 bridgehead atoms. The van der Waals surface area contributed by atoms with E-state index in [1.807, 2.05) is 0 Å². The third kappa shape index (κ3) is 2.65. The van der Waals surface area contributed by atoms with Crippen LogP contribution in [0, 0.1) is 0 Å². The molecule has 2 rings (SSSR count). The molecule has 0 amide bonds. The molecular formula is C11H13F3N2. The fourth-order valence-electron chi connectivity index (χ4n) is 1.95. The summed E-state index contributed by atoms with van der Waals surface area (Å²) in [6, 6.07) is 2.84. The number of alkyl halides is 3. The van der Waals surface area contributed by atoms with Crippen molar-refractivity contribution in [2.45, 2.75) is 37.9 Å². The van der Waals surface area contributed by atoms with Crippen molar-refractivity contribution >= 4 is 5.69 Å². The summed E-state index contributed by atoms with van der Waals surface area (Å²) in [5.74, 6) is 0. The molecule has 0 aromatic carbocycles. The lowest BCUT2D eigenvalue weighted by Crippen LogP contribution is -2.15. The van der Waals surface area contributed by atoms with Crippen LogP contribution in [-0.4, -0.2) is 11.0 Å². The van der Waals surface area contributed by atoms with Gasteiger partial charge in [-0.15, -0.1) is 0 Å². The molecule has 0 saturated heterocycles. The van der Waals surface area contributed by atoms with E-state index in [1.165, 1.54) is 25.1 Å². The Balaban J connectivity index is 2.01. The molecule has 1 aromatic heterocycles. The fourth-order valence-corrected chi connectivity index (χ4v) is 1.95. The minimum atomic E-state index is -4.36. The van der Waals surface area contributed by atoms with Gasteiger partial charge in [0.1, 0.15) is 5.69 Å².